The highest BCUT2D eigenvalue weighted by molar-refractivity contribution is 7.12. The Morgan fingerprint density at radius 1 is 1.27 bits per heavy atom. The maximum atomic E-state index is 13.4. The summed E-state index contributed by atoms with van der Waals surface area (Å²) in [5.74, 6) is 0.444. The molecule has 1 amide bonds. The summed E-state index contributed by atoms with van der Waals surface area (Å²) in [7, 11) is 0. The van der Waals surface area contributed by atoms with Crippen molar-refractivity contribution in [3.8, 4) is 0 Å². The molecule has 4 heterocycles. The number of benzene rings is 1. The lowest BCUT2D eigenvalue weighted by Gasteiger charge is -2.24. The molecule has 2 atom stereocenters. The van der Waals surface area contributed by atoms with Crippen LogP contribution in [0.1, 0.15) is 58.9 Å². The number of carbonyl (C=O) groups excluding carboxylic acids is 1. The quantitative estimate of drug-likeness (QED) is 0.499. The van der Waals surface area contributed by atoms with Crippen molar-refractivity contribution in [2.45, 2.75) is 58.4 Å². The Bertz CT molecular complexity index is 1200. The third kappa shape index (κ3) is 4.32. The Labute approximate surface area is 197 Å². The lowest BCUT2D eigenvalue weighted by molar-refractivity contribution is -0.124. The molecule has 3 aromatic rings. The summed E-state index contributed by atoms with van der Waals surface area (Å²) in [5.41, 5.74) is 3.01. The van der Waals surface area contributed by atoms with Crippen molar-refractivity contribution in [1.82, 2.24) is 20.2 Å². The van der Waals surface area contributed by atoms with Crippen molar-refractivity contribution in [1.29, 1.82) is 0 Å². The van der Waals surface area contributed by atoms with Gasteiger partial charge in [-0.3, -0.25) is 14.2 Å². The number of fused-ring (bicyclic) bond motifs is 2. The second-order valence-electron chi connectivity index (χ2n) is 9.09. The standard InChI is InChI=1S/C25H29N5O2S/c1-15(2)22(16-6-4-3-5-7-16)29-23-25(32)30-18(12-27-23)8-9-20(30)24(31)28-13-19-10-17-11-26-14-21(17)33-19/h3-7,10,12,15,20,22,26H,8-9,11,13-14H2,1-2H3,(H,27,29)(H,28,31)/t20-,22+/m0/s1. The summed E-state index contributed by atoms with van der Waals surface area (Å²) in [6.45, 7) is 6.53. The number of aromatic nitrogens is 2. The molecule has 0 aliphatic carbocycles. The fourth-order valence-corrected chi connectivity index (χ4v) is 5.85. The van der Waals surface area contributed by atoms with Crippen LogP contribution in [0.3, 0.4) is 0 Å². The summed E-state index contributed by atoms with van der Waals surface area (Å²) in [4.78, 5) is 33.4. The molecule has 2 aliphatic heterocycles. The van der Waals surface area contributed by atoms with Crippen molar-refractivity contribution in [3.63, 3.8) is 0 Å². The van der Waals surface area contributed by atoms with Crippen LogP contribution >= 0.6 is 11.3 Å². The Balaban J connectivity index is 1.34. The summed E-state index contributed by atoms with van der Waals surface area (Å²) < 4.78 is 1.63. The van der Waals surface area contributed by atoms with E-state index < -0.39 is 6.04 Å². The van der Waals surface area contributed by atoms with Crippen molar-refractivity contribution < 1.29 is 4.79 Å². The highest BCUT2D eigenvalue weighted by Gasteiger charge is 2.31. The summed E-state index contributed by atoms with van der Waals surface area (Å²) in [5, 5.41) is 9.73. The number of thiophene rings is 1. The molecule has 2 aliphatic rings. The number of amides is 1. The summed E-state index contributed by atoms with van der Waals surface area (Å²) in [6, 6.07) is 11.7. The van der Waals surface area contributed by atoms with Crippen molar-refractivity contribution in [2.24, 2.45) is 5.92 Å². The predicted octanol–water partition coefficient (Wildman–Crippen LogP) is 3.52. The summed E-state index contributed by atoms with van der Waals surface area (Å²) in [6.07, 6.45) is 3.02. The molecule has 0 saturated heterocycles. The molecule has 0 unspecified atom stereocenters. The van der Waals surface area contributed by atoms with Gasteiger partial charge in [-0.2, -0.15) is 0 Å². The second kappa shape index (κ2) is 9.11. The first kappa shape index (κ1) is 21.9. The van der Waals surface area contributed by atoms with E-state index in [2.05, 4.69) is 53.0 Å². The Morgan fingerprint density at radius 2 is 2.09 bits per heavy atom. The molecule has 1 aromatic carbocycles. The molecule has 5 rings (SSSR count). The van der Waals surface area contributed by atoms with Gasteiger partial charge < -0.3 is 16.0 Å². The minimum absolute atomic E-state index is 0.0472. The van der Waals surface area contributed by atoms with Crippen LogP contribution < -0.4 is 21.5 Å². The van der Waals surface area contributed by atoms with Gasteiger partial charge >= 0.3 is 0 Å². The van der Waals surface area contributed by atoms with Gasteiger partial charge in [-0.15, -0.1) is 11.3 Å². The molecule has 0 saturated carbocycles. The van der Waals surface area contributed by atoms with E-state index in [1.807, 2.05) is 18.2 Å². The van der Waals surface area contributed by atoms with Gasteiger partial charge in [0.2, 0.25) is 5.91 Å². The number of anilines is 1. The summed E-state index contributed by atoms with van der Waals surface area (Å²) >= 11 is 1.74. The number of nitrogens with one attached hydrogen (secondary N) is 3. The number of hydrogen-bond acceptors (Lipinski definition) is 6. The fourth-order valence-electron chi connectivity index (χ4n) is 4.75. The first-order valence-corrected chi connectivity index (χ1v) is 12.3. The lowest BCUT2D eigenvalue weighted by Crippen LogP contribution is -2.36. The minimum Gasteiger partial charge on any atom is -0.358 e. The molecular weight excluding hydrogens is 434 g/mol. The normalized spacial score (nSPS) is 17.6. The van der Waals surface area contributed by atoms with E-state index in [-0.39, 0.29) is 23.4 Å². The maximum absolute atomic E-state index is 13.4. The third-order valence-electron chi connectivity index (χ3n) is 6.46. The average molecular weight is 464 g/mol. The number of aryl methyl sites for hydroxylation is 1. The highest BCUT2D eigenvalue weighted by atomic mass is 32.1. The number of carbonyl (C=O) groups is 1. The van der Waals surface area contributed by atoms with Crippen LogP contribution in [0.15, 0.2) is 47.4 Å². The Kier molecular flexibility index (Phi) is 6.03. The smallest absolute Gasteiger partial charge is 0.294 e. The van der Waals surface area contributed by atoms with Gasteiger partial charge in [-0.25, -0.2) is 4.98 Å². The monoisotopic (exact) mass is 463 g/mol. The van der Waals surface area contributed by atoms with E-state index in [4.69, 9.17) is 0 Å². The zero-order valence-corrected chi connectivity index (χ0v) is 19.7. The molecule has 0 fully saturated rings. The van der Waals surface area contributed by atoms with Crippen LogP contribution in [-0.4, -0.2) is 15.5 Å². The zero-order valence-electron chi connectivity index (χ0n) is 18.9. The second-order valence-corrected chi connectivity index (χ2v) is 10.3. The molecule has 3 N–H and O–H groups in total. The van der Waals surface area contributed by atoms with Crippen LogP contribution in [0.5, 0.6) is 0 Å². The molecule has 33 heavy (non-hydrogen) atoms. The molecule has 0 spiro atoms. The lowest BCUT2D eigenvalue weighted by atomic mass is 9.96. The van der Waals surface area contributed by atoms with Crippen molar-refractivity contribution >= 4 is 23.1 Å². The van der Waals surface area contributed by atoms with Gasteiger partial charge in [0.1, 0.15) is 6.04 Å². The molecule has 172 valence electrons. The molecular formula is C25H29N5O2S. The molecule has 0 radical (unpaired) electrons. The van der Waals surface area contributed by atoms with Gasteiger partial charge in [0.15, 0.2) is 5.82 Å². The first-order chi connectivity index (χ1) is 16.0. The topological polar surface area (TPSA) is 88.0 Å². The Morgan fingerprint density at radius 3 is 2.85 bits per heavy atom. The van der Waals surface area contributed by atoms with Crippen LogP contribution in [0.4, 0.5) is 5.82 Å². The average Bonchev–Trinajstić information content (AvgIpc) is 3.52. The SMILES string of the molecule is CC(C)[C@@H](Nc1ncc2n(c1=O)[C@H](C(=O)NCc1cc3c(s1)CNC3)CC2)c1ccccc1. The van der Waals surface area contributed by atoms with Crippen molar-refractivity contribution in [2.75, 3.05) is 5.32 Å². The van der Waals surface area contributed by atoms with E-state index >= 15 is 0 Å². The largest absolute Gasteiger partial charge is 0.358 e. The zero-order chi connectivity index (χ0) is 22.9. The van der Waals surface area contributed by atoms with Gasteiger partial charge in [-0.05, 0) is 36.0 Å². The van der Waals surface area contributed by atoms with Gasteiger partial charge in [0, 0.05) is 34.7 Å². The van der Waals surface area contributed by atoms with Crippen LogP contribution in [-0.2, 0) is 30.8 Å². The van der Waals surface area contributed by atoms with Crippen LogP contribution in [0.25, 0.3) is 0 Å². The van der Waals surface area contributed by atoms with E-state index in [1.165, 1.54) is 10.4 Å². The molecule has 7 nitrogen and oxygen atoms in total. The Hall–Kier alpha value is -2.97. The van der Waals surface area contributed by atoms with Crippen molar-refractivity contribution in [3.05, 3.63) is 79.5 Å². The van der Waals surface area contributed by atoms with E-state index in [9.17, 15) is 9.59 Å². The van der Waals surface area contributed by atoms with E-state index in [1.54, 1.807) is 22.1 Å². The van der Waals surface area contributed by atoms with E-state index in [0.29, 0.717) is 25.2 Å². The van der Waals surface area contributed by atoms with Gasteiger partial charge in [0.05, 0.1) is 12.6 Å². The molecule has 0 bridgehead atoms. The van der Waals surface area contributed by atoms with Gasteiger partial charge in [0.25, 0.3) is 5.56 Å². The number of rotatable bonds is 7. The molecule has 8 heteroatoms. The number of nitrogens with zero attached hydrogens (tertiary/aromatic N) is 2. The molecule has 2 aromatic heterocycles. The highest BCUT2D eigenvalue weighted by Crippen LogP contribution is 2.29. The fraction of sp³-hybridized carbons (Fsp3) is 0.400. The van der Waals surface area contributed by atoms with Crippen LogP contribution in [0.2, 0.25) is 0 Å². The van der Waals surface area contributed by atoms with Crippen LogP contribution in [0, 0.1) is 5.92 Å². The number of hydrogen-bond donors (Lipinski definition) is 3. The maximum Gasteiger partial charge on any atom is 0.294 e. The van der Waals surface area contributed by atoms with Gasteiger partial charge in [-0.1, -0.05) is 44.2 Å². The first-order valence-electron chi connectivity index (χ1n) is 11.5. The third-order valence-corrected chi connectivity index (χ3v) is 7.64. The van der Waals surface area contributed by atoms with E-state index in [0.717, 1.165) is 29.2 Å². The predicted molar refractivity (Wildman–Crippen MR) is 130 cm³/mol. The minimum atomic E-state index is -0.501.